The summed E-state index contributed by atoms with van der Waals surface area (Å²) in [6.07, 6.45) is 5.58. The number of ketones is 1. The summed E-state index contributed by atoms with van der Waals surface area (Å²) in [6.45, 7) is 5.72. The molecule has 0 aliphatic rings. The average molecular weight is 209 g/mol. The maximum absolute atomic E-state index is 11.2. The number of rotatable bonds is 6. The van der Waals surface area contributed by atoms with Crippen molar-refractivity contribution < 1.29 is 4.79 Å². The van der Waals surface area contributed by atoms with Gasteiger partial charge in [0.2, 0.25) is 0 Å². The monoisotopic (exact) mass is 209 g/mol. The van der Waals surface area contributed by atoms with Gasteiger partial charge in [0.1, 0.15) is 7.85 Å². The van der Waals surface area contributed by atoms with E-state index in [1.54, 1.807) is 6.92 Å². The number of nitrogens with zero attached hydrogens (tertiary/aromatic N) is 1. The van der Waals surface area contributed by atoms with Crippen molar-refractivity contribution in [3.05, 3.63) is 11.6 Å². The molecule has 86 valence electrons. The summed E-state index contributed by atoms with van der Waals surface area (Å²) in [6, 6.07) is 0. The van der Waals surface area contributed by atoms with Gasteiger partial charge in [-0.1, -0.05) is 25.8 Å². The fourth-order valence-corrected chi connectivity index (χ4v) is 1.53. The Morgan fingerprint density at radius 2 is 1.93 bits per heavy atom. The zero-order valence-electron chi connectivity index (χ0n) is 11.1. The first-order chi connectivity index (χ1) is 6.83. The Labute approximate surface area is 95.1 Å². The summed E-state index contributed by atoms with van der Waals surface area (Å²) in [5, 5.41) is 0. The van der Waals surface area contributed by atoms with Gasteiger partial charge in [0.15, 0.2) is 5.78 Å². The highest BCUT2D eigenvalue weighted by Crippen LogP contribution is 2.20. The van der Waals surface area contributed by atoms with Gasteiger partial charge >= 0.3 is 0 Å². The van der Waals surface area contributed by atoms with Gasteiger partial charge in [-0.2, -0.15) is 0 Å². The van der Waals surface area contributed by atoms with Gasteiger partial charge in [-0.3, -0.25) is 4.79 Å². The molecule has 0 rings (SSSR count). The van der Waals surface area contributed by atoms with Crippen LogP contribution in [0.2, 0.25) is 0 Å². The fourth-order valence-electron chi connectivity index (χ4n) is 1.53. The quantitative estimate of drug-likeness (QED) is 0.489. The molecule has 0 fully saturated rings. The van der Waals surface area contributed by atoms with E-state index in [0.29, 0.717) is 0 Å². The Hall–Kier alpha value is -0.565. The Morgan fingerprint density at radius 1 is 1.40 bits per heavy atom. The third-order valence-electron chi connectivity index (χ3n) is 3.14. The van der Waals surface area contributed by atoms with E-state index >= 15 is 0 Å². The number of unbranched alkanes of at least 4 members (excludes halogenated alkanes) is 1. The van der Waals surface area contributed by atoms with Gasteiger partial charge in [0, 0.05) is 5.44 Å². The van der Waals surface area contributed by atoms with E-state index in [2.05, 4.69) is 39.8 Å². The third-order valence-corrected chi connectivity index (χ3v) is 3.14. The average Bonchev–Trinajstić information content (AvgIpc) is 2.14. The second-order valence-corrected chi connectivity index (χ2v) is 4.74. The molecule has 2 nitrogen and oxygen atoms in total. The molecule has 0 radical (unpaired) electrons. The minimum absolute atomic E-state index is 0.00572. The number of likely N-dealkylation sites (N-methyl/N-ethyl adjacent to an activating group) is 1. The molecule has 0 N–H and O–H groups in total. The van der Waals surface area contributed by atoms with Crippen molar-refractivity contribution >= 4 is 13.6 Å². The van der Waals surface area contributed by atoms with E-state index < -0.39 is 0 Å². The normalized spacial score (nSPS) is 16.5. The molecule has 0 aliphatic heterocycles. The molecule has 0 aromatic rings. The molecule has 0 aromatic carbocycles. The molecule has 0 bridgehead atoms. The predicted molar refractivity (Wildman–Crippen MR) is 68.9 cm³/mol. The SMILES string of the molecule is B[C@@](/C=C(/C)C(C)=O)(CCCC)N(C)C. The van der Waals surface area contributed by atoms with E-state index in [-0.39, 0.29) is 11.2 Å². The number of hydrogen-bond acceptors (Lipinski definition) is 2. The molecule has 0 unspecified atom stereocenters. The zero-order chi connectivity index (χ0) is 12.1. The smallest absolute Gasteiger partial charge is 0.155 e. The van der Waals surface area contributed by atoms with Gasteiger partial charge in [0.25, 0.3) is 0 Å². The lowest BCUT2D eigenvalue weighted by molar-refractivity contribution is -0.113. The van der Waals surface area contributed by atoms with Crippen molar-refractivity contribution in [2.45, 2.75) is 45.5 Å². The van der Waals surface area contributed by atoms with Crippen molar-refractivity contribution in [3.8, 4) is 0 Å². The lowest BCUT2D eigenvalue weighted by atomic mass is 9.71. The van der Waals surface area contributed by atoms with Crippen LogP contribution in [0, 0.1) is 0 Å². The number of Topliss-reactive ketones (excluding diaryl/α,β-unsaturated/α-hetero) is 1. The lowest BCUT2D eigenvalue weighted by Crippen LogP contribution is -2.43. The first-order valence-electron chi connectivity index (χ1n) is 5.71. The molecule has 15 heavy (non-hydrogen) atoms. The largest absolute Gasteiger partial charge is 0.308 e. The van der Waals surface area contributed by atoms with Crippen molar-refractivity contribution in [2.75, 3.05) is 14.1 Å². The van der Waals surface area contributed by atoms with E-state index in [1.165, 1.54) is 12.8 Å². The van der Waals surface area contributed by atoms with E-state index in [1.807, 2.05) is 6.92 Å². The highest BCUT2D eigenvalue weighted by atomic mass is 16.1. The summed E-state index contributed by atoms with van der Waals surface area (Å²) >= 11 is 0. The van der Waals surface area contributed by atoms with Crippen LogP contribution in [0.5, 0.6) is 0 Å². The van der Waals surface area contributed by atoms with Crippen LogP contribution >= 0.6 is 0 Å². The highest BCUT2D eigenvalue weighted by Gasteiger charge is 2.23. The van der Waals surface area contributed by atoms with Gasteiger partial charge in [-0.05, 0) is 39.9 Å². The van der Waals surface area contributed by atoms with E-state index in [0.717, 1.165) is 12.0 Å². The molecule has 1 atom stereocenters. The summed E-state index contributed by atoms with van der Waals surface area (Å²) in [4.78, 5) is 13.4. The van der Waals surface area contributed by atoms with Gasteiger partial charge < -0.3 is 4.90 Å². The van der Waals surface area contributed by atoms with Crippen molar-refractivity contribution in [3.63, 3.8) is 0 Å². The second-order valence-electron chi connectivity index (χ2n) is 4.74. The molecule has 0 aromatic heterocycles. The van der Waals surface area contributed by atoms with Crippen LogP contribution in [0.15, 0.2) is 11.6 Å². The Kier molecular flexibility index (Phi) is 5.88. The number of hydrogen-bond donors (Lipinski definition) is 0. The Bertz CT molecular complexity index is 248. The maximum atomic E-state index is 11.2. The van der Waals surface area contributed by atoms with Crippen LogP contribution in [0.3, 0.4) is 0 Å². The topological polar surface area (TPSA) is 20.3 Å². The summed E-state index contributed by atoms with van der Waals surface area (Å²) in [7, 11) is 6.33. The van der Waals surface area contributed by atoms with Crippen LogP contribution in [-0.4, -0.2) is 38.1 Å². The molecular weight excluding hydrogens is 185 g/mol. The predicted octanol–water partition coefficient (Wildman–Crippen LogP) is 1.60. The molecule has 0 spiro atoms. The molecule has 0 saturated heterocycles. The number of carbonyl (C=O) groups excluding carboxylic acids is 1. The molecular formula is C12H24BNO. The first-order valence-corrected chi connectivity index (χ1v) is 5.71. The van der Waals surface area contributed by atoms with Crippen LogP contribution in [0.1, 0.15) is 40.0 Å². The number of allylic oxidation sites excluding steroid dienone is 1. The third kappa shape index (κ3) is 4.65. The first kappa shape index (κ1) is 14.4. The van der Waals surface area contributed by atoms with E-state index in [4.69, 9.17) is 0 Å². The molecule has 0 saturated carbocycles. The minimum atomic E-state index is 0.00572. The van der Waals surface area contributed by atoms with Crippen LogP contribution in [0.4, 0.5) is 0 Å². The number of carbonyl (C=O) groups is 1. The van der Waals surface area contributed by atoms with Gasteiger partial charge in [0.05, 0.1) is 0 Å². The van der Waals surface area contributed by atoms with Crippen molar-refractivity contribution in [1.82, 2.24) is 4.90 Å². The molecule has 0 aliphatic carbocycles. The summed E-state index contributed by atoms with van der Waals surface area (Å²) in [5.41, 5.74) is 0.869. The van der Waals surface area contributed by atoms with Crippen LogP contribution in [-0.2, 0) is 4.79 Å². The Balaban J connectivity index is 4.79. The zero-order valence-corrected chi connectivity index (χ0v) is 11.1. The molecule has 0 heterocycles. The summed E-state index contributed by atoms with van der Waals surface area (Å²) < 4.78 is 0. The standard InChI is InChI=1S/C12H24BNO/c1-6-7-8-12(13,14(4)5)9-10(2)11(3)15/h9H,6-8,13H2,1-5H3/b10-9-/t12-/m0/s1. The van der Waals surface area contributed by atoms with Crippen molar-refractivity contribution in [1.29, 1.82) is 0 Å². The lowest BCUT2D eigenvalue weighted by Gasteiger charge is -2.34. The molecule has 3 heteroatoms. The van der Waals surface area contributed by atoms with Crippen LogP contribution < -0.4 is 0 Å². The van der Waals surface area contributed by atoms with Crippen LogP contribution in [0.25, 0.3) is 0 Å². The Morgan fingerprint density at radius 3 is 2.27 bits per heavy atom. The van der Waals surface area contributed by atoms with Gasteiger partial charge in [-0.15, -0.1) is 0 Å². The second kappa shape index (κ2) is 6.11. The minimum Gasteiger partial charge on any atom is -0.308 e. The van der Waals surface area contributed by atoms with E-state index in [9.17, 15) is 4.79 Å². The highest BCUT2D eigenvalue weighted by molar-refractivity contribution is 6.17. The maximum Gasteiger partial charge on any atom is 0.155 e. The van der Waals surface area contributed by atoms with Gasteiger partial charge in [-0.25, -0.2) is 0 Å². The fraction of sp³-hybridized carbons (Fsp3) is 0.750. The van der Waals surface area contributed by atoms with Crippen molar-refractivity contribution in [2.24, 2.45) is 0 Å². The molecule has 0 amide bonds. The summed E-state index contributed by atoms with van der Waals surface area (Å²) in [5.74, 6) is 0.166.